The Morgan fingerprint density at radius 2 is 1.65 bits per heavy atom. The molecular formula is C29H36N4O4. The first kappa shape index (κ1) is 26.5. The van der Waals surface area contributed by atoms with E-state index in [1.165, 1.54) is 23.8 Å². The van der Waals surface area contributed by atoms with Gasteiger partial charge in [-0.1, -0.05) is 50.5 Å². The molecule has 1 atom stereocenters. The van der Waals surface area contributed by atoms with Gasteiger partial charge in [-0.25, -0.2) is 9.78 Å². The number of nitrogens with zero attached hydrogens (tertiary/aromatic N) is 4. The minimum atomic E-state index is -0.624. The Hall–Kier alpha value is -3.52. The molecule has 2 aliphatic heterocycles. The lowest BCUT2D eigenvalue weighted by molar-refractivity contribution is -0.144. The van der Waals surface area contributed by atoms with Crippen molar-refractivity contribution in [2.24, 2.45) is 0 Å². The van der Waals surface area contributed by atoms with Crippen molar-refractivity contribution in [1.82, 2.24) is 14.8 Å². The van der Waals surface area contributed by atoms with E-state index in [9.17, 15) is 14.4 Å². The number of unbranched alkanes of at least 4 members (excludes halogenated alkanes) is 4. The van der Waals surface area contributed by atoms with Crippen LogP contribution in [0.5, 0.6) is 0 Å². The molecule has 8 nitrogen and oxygen atoms in total. The Balaban J connectivity index is 1.38. The number of pyridine rings is 1. The predicted molar refractivity (Wildman–Crippen MR) is 142 cm³/mol. The van der Waals surface area contributed by atoms with Gasteiger partial charge in [-0.05, 0) is 37.1 Å². The van der Waals surface area contributed by atoms with Gasteiger partial charge in [0.1, 0.15) is 11.9 Å². The van der Waals surface area contributed by atoms with Crippen LogP contribution in [0.2, 0.25) is 0 Å². The number of hydrogen-bond acceptors (Lipinski definition) is 7. The first-order chi connectivity index (χ1) is 18.1. The van der Waals surface area contributed by atoms with Gasteiger partial charge in [0.25, 0.3) is 11.8 Å². The number of benzene rings is 1. The number of aromatic nitrogens is 1. The molecule has 4 rings (SSSR count). The summed E-state index contributed by atoms with van der Waals surface area (Å²) >= 11 is 0. The first-order valence-electron chi connectivity index (χ1n) is 13.3. The third-order valence-corrected chi connectivity index (χ3v) is 6.83. The molecule has 0 aliphatic carbocycles. The zero-order valence-electron chi connectivity index (χ0n) is 21.6. The highest BCUT2D eigenvalue weighted by Gasteiger charge is 2.37. The van der Waals surface area contributed by atoms with Crippen LogP contribution in [-0.4, -0.2) is 77.9 Å². The minimum Gasteiger partial charge on any atom is -0.456 e. The lowest BCUT2D eigenvalue weighted by Crippen LogP contribution is -2.51. The zero-order valence-corrected chi connectivity index (χ0v) is 21.6. The van der Waals surface area contributed by atoms with Gasteiger partial charge in [-0.2, -0.15) is 0 Å². The molecule has 1 aromatic heterocycles. The monoisotopic (exact) mass is 504 g/mol. The van der Waals surface area contributed by atoms with Crippen molar-refractivity contribution in [2.45, 2.75) is 45.1 Å². The molecule has 0 radical (unpaired) electrons. The van der Waals surface area contributed by atoms with Gasteiger partial charge in [0.15, 0.2) is 0 Å². The van der Waals surface area contributed by atoms with Crippen LogP contribution in [0.3, 0.4) is 0 Å². The van der Waals surface area contributed by atoms with Crippen LogP contribution in [0.25, 0.3) is 0 Å². The van der Waals surface area contributed by atoms with Crippen molar-refractivity contribution in [3.8, 4) is 0 Å². The van der Waals surface area contributed by atoms with Gasteiger partial charge in [-0.3, -0.25) is 19.4 Å². The van der Waals surface area contributed by atoms with Crippen LogP contribution in [-0.2, 0) is 9.53 Å². The zero-order chi connectivity index (χ0) is 26.0. The first-order valence-corrected chi connectivity index (χ1v) is 13.3. The van der Waals surface area contributed by atoms with Crippen molar-refractivity contribution in [1.29, 1.82) is 0 Å². The molecule has 1 unspecified atom stereocenters. The van der Waals surface area contributed by atoms with Gasteiger partial charge in [-0.15, -0.1) is 0 Å². The number of imide groups is 1. The van der Waals surface area contributed by atoms with Crippen LogP contribution in [0.4, 0.5) is 5.82 Å². The summed E-state index contributed by atoms with van der Waals surface area (Å²) in [6.45, 7) is 5.76. The normalized spacial score (nSPS) is 16.9. The number of anilines is 1. The van der Waals surface area contributed by atoms with E-state index >= 15 is 0 Å². The smallest absolute Gasteiger partial charge is 0.330 e. The van der Waals surface area contributed by atoms with Crippen LogP contribution in [0.1, 0.15) is 59.7 Å². The lowest BCUT2D eigenvalue weighted by atomic mass is 10.1. The van der Waals surface area contributed by atoms with Gasteiger partial charge < -0.3 is 9.64 Å². The summed E-state index contributed by atoms with van der Waals surface area (Å²) in [5, 5.41) is 0. The Bertz CT molecular complexity index is 1060. The maximum absolute atomic E-state index is 12.9. The number of carbonyl (C=O) groups excluding carboxylic acids is 3. The van der Waals surface area contributed by atoms with E-state index in [1.54, 1.807) is 30.5 Å². The minimum absolute atomic E-state index is 0.0306. The van der Waals surface area contributed by atoms with E-state index in [-0.39, 0.29) is 18.4 Å². The van der Waals surface area contributed by atoms with E-state index in [2.05, 4.69) is 21.7 Å². The van der Waals surface area contributed by atoms with Crippen LogP contribution in [0.15, 0.2) is 60.8 Å². The van der Waals surface area contributed by atoms with Crippen LogP contribution >= 0.6 is 0 Å². The van der Waals surface area contributed by atoms with Crippen molar-refractivity contribution in [3.05, 3.63) is 71.9 Å². The number of fused-ring (bicyclic) bond motifs is 1. The van der Waals surface area contributed by atoms with E-state index in [0.717, 1.165) is 51.3 Å². The number of hydrogen-bond donors (Lipinski definition) is 0. The predicted octanol–water partition coefficient (Wildman–Crippen LogP) is 3.94. The van der Waals surface area contributed by atoms with Gasteiger partial charge in [0.05, 0.1) is 17.7 Å². The molecule has 2 aliphatic rings. The van der Waals surface area contributed by atoms with Crippen molar-refractivity contribution in [2.75, 3.05) is 44.2 Å². The number of ether oxygens (including phenoxy) is 1. The highest BCUT2D eigenvalue weighted by Crippen LogP contribution is 2.23. The molecule has 2 aromatic rings. The third kappa shape index (κ3) is 7.04. The standard InChI is InChI=1S/C29H36N4O4/c1-2-3-4-5-6-7-15-27(34)37-23(22-33-28(35)24-12-8-9-13-25(24)29(33)36)21-31-17-19-32(20-18-31)26-14-10-11-16-30-26/h7-16,23H,2-6,17-22H2,1H3/b15-7+. The average molecular weight is 505 g/mol. The molecule has 0 saturated carbocycles. The second-order valence-electron chi connectivity index (χ2n) is 9.55. The molecule has 1 fully saturated rings. The third-order valence-electron chi connectivity index (χ3n) is 6.83. The quantitative estimate of drug-likeness (QED) is 0.187. The fourth-order valence-electron chi connectivity index (χ4n) is 4.80. The maximum atomic E-state index is 12.9. The van der Waals surface area contributed by atoms with Gasteiger partial charge in [0.2, 0.25) is 0 Å². The number of amides is 2. The molecule has 0 N–H and O–H groups in total. The fraction of sp³-hybridized carbons (Fsp3) is 0.448. The Morgan fingerprint density at radius 1 is 0.946 bits per heavy atom. The SMILES string of the molecule is CCCCCC/C=C/C(=O)OC(CN1CCN(c2ccccn2)CC1)CN1C(=O)c2ccccc2C1=O. The summed E-state index contributed by atoms with van der Waals surface area (Å²) in [7, 11) is 0. The largest absolute Gasteiger partial charge is 0.456 e. The number of allylic oxidation sites excluding steroid dienone is 1. The molecule has 196 valence electrons. The van der Waals surface area contributed by atoms with Gasteiger partial charge >= 0.3 is 5.97 Å². The number of piperazine rings is 1. The van der Waals surface area contributed by atoms with Crippen molar-refractivity contribution < 1.29 is 19.1 Å². The molecule has 37 heavy (non-hydrogen) atoms. The van der Waals surface area contributed by atoms with Crippen molar-refractivity contribution in [3.63, 3.8) is 0 Å². The van der Waals surface area contributed by atoms with Crippen molar-refractivity contribution >= 4 is 23.6 Å². The summed E-state index contributed by atoms with van der Waals surface area (Å²) in [5.41, 5.74) is 0.794. The molecular weight excluding hydrogens is 468 g/mol. The molecule has 0 bridgehead atoms. The summed E-state index contributed by atoms with van der Waals surface area (Å²) in [6, 6.07) is 12.7. The average Bonchev–Trinajstić information content (AvgIpc) is 3.16. The van der Waals surface area contributed by atoms with E-state index in [4.69, 9.17) is 4.74 Å². The lowest BCUT2D eigenvalue weighted by Gasteiger charge is -2.37. The summed E-state index contributed by atoms with van der Waals surface area (Å²) in [6.07, 6.45) is 9.85. The Morgan fingerprint density at radius 3 is 2.30 bits per heavy atom. The molecule has 3 heterocycles. The number of rotatable bonds is 12. The van der Waals surface area contributed by atoms with Crippen LogP contribution < -0.4 is 4.90 Å². The molecule has 1 saturated heterocycles. The van der Waals surface area contributed by atoms with E-state index in [1.807, 2.05) is 24.3 Å². The van der Waals surface area contributed by atoms with Gasteiger partial charge in [0, 0.05) is 45.0 Å². The molecule has 2 amide bonds. The summed E-state index contributed by atoms with van der Waals surface area (Å²) in [4.78, 5) is 48.6. The maximum Gasteiger partial charge on any atom is 0.330 e. The Labute approximate surface area is 218 Å². The van der Waals surface area contributed by atoms with E-state index in [0.29, 0.717) is 17.7 Å². The summed E-state index contributed by atoms with van der Waals surface area (Å²) in [5.74, 6) is -0.175. The molecule has 1 aromatic carbocycles. The topological polar surface area (TPSA) is 83.1 Å². The highest BCUT2D eigenvalue weighted by molar-refractivity contribution is 6.21. The highest BCUT2D eigenvalue weighted by atomic mass is 16.5. The molecule has 0 spiro atoms. The molecule has 8 heteroatoms. The fourth-order valence-corrected chi connectivity index (χ4v) is 4.80. The second kappa shape index (κ2) is 13.1. The Kier molecular flexibility index (Phi) is 9.43. The van der Waals surface area contributed by atoms with Crippen LogP contribution in [0, 0.1) is 0 Å². The second-order valence-corrected chi connectivity index (χ2v) is 9.55. The number of carbonyl (C=O) groups is 3. The number of esters is 1. The van der Waals surface area contributed by atoms with E-state index < -0.39 is 12.1 Å². The summed E-state index contributed by atoms with van der Waals surface area (Å²) < 4.78 is 5.81.